The fourth-order valence-corrected chi connectivity index (χ4v) is 1.37. The van der Waals surface area contributed by atoms with Crippen molar-refractivity contribution in [3.8, 4) is 0 Å². The zero-order chi connectivity index (χ0) is 9.68. The largest absolute Gasteiger partial charge is 0.317 e. The molecule has 0 heterocycles. The Bertz CT molecular complexity index is 266. The molecule has 0 bridgehead atoms. The SMILES string of the molecule is CCNCCc1ccc(C)c(C)c1. The molecule has 0 radical (unpaired) electrons. The quantitative estimate of drug-likeness (QED) is 0.697. The number of nitrogens with one attached hydrogen (secondary N) is 1. The Morgan fingerprint density at radius 1 is 1.15 bits per heavy atom. The monoisotopic (exact) mass is 177 g/mol. The first-order valence-corrected chi connectivity index (χ1v) is 5.01. The predicted octanol–water partition coefficient (Wildman–Crippen LogP) is 2.46. The molecule has 1 aromatic carbocycles. The van der Waals surface area contributed by atoms with E-state index in [1.54, 1.807) is 0 Å². The molecule has 1 N–H and O–H groups in total. The van der Waals surface area contributed by atoms with Crippen molar-refractivity contribution in [3.63, 3.8) is 0 Å². The van der Waals surface area contributed by atoms with Gasteiger partial charge in [0.05, 0.1) is 0 Å². The van der Waals surface area contributed by atoms with Crippen LogP contribution < -0.4 is 5.32 Å². The van der Waals surface area contributed by atoms with Crippen LogP contribution in [0.5, 0.6) is 0 Å². The second-order valence-corrected chi connectivity index (χ2v) is 3.52. The summed E-state index contributed by atoms with van der Waals surface area (Å²) in [7, 11) is 0. The van der Waals surface area contributed by atoms with E-state index in [1.807, 2.05) is 0 Å². The Kier molecular flexibility index (Phi) is 3.97. The summed E-state index contributed by atoms with van der Waals surface area (Å²) in [5.41, 5.74) is 4.21. The van der Waals surface area contributed by atoms with Crippen molar-refractivity contribution in [2.75, 3.05) is 13.1 Å². The lowest BCUT2D eigenvalue weighted by Crippen LogP contribution is -2.16. The first kappa shape index (κ1) is 10.3. The van der Waals surface area contributed by atoms with Gasteiger partial charge >= 0.3 is 0 Å². The summed E-state index contributed by atoms with van der Waals surface area (Å²) >= 11 is 0. The van der Waals surface area contributed by atoms with Gasteiger partial charge < -0.3 is 5.32 Å². The molecule has 1 aromatic rings. The summed E-state index contributed by atoms with van der Waals surface area (Å²) in [6.07, 6.45) is 1.13. The lowest BCUT2D eigenvalue weighted by atomic mass is 10.0. The predicted molar refractivity (Wildman–Crippen MR) is 58.2 cm³/mol. The Morgan fingerprint density at radius 2 is 1.92 bits per heavy atom. The van der Waals surface area contributed by atoms with Crippen LogP contribution in [0, 0.1) is 13.8 Å². The molecule has 0 spiro atoms. The van der Waals surface area contributed by atoms with Gasteiger partial charge in [0.2, 0.25) is 0 Å². The molecular formula is C12H19N. The fourth-order valence-electron chi connectivity index (χ4n) is 1.37. The van der Waals surface area contributed by atoms with Crippen LogP contribution in [-0.2, 0) is 6.42 Å². The minimum atomic E-state index is 1.06. The van der Waals surface area contributed by atoms with Crippen LogP contribution >= 0.6 is 0 Å². The summed E-state index contributed by atoms with van der Waals surface area (Å²) in [5.74, 6) is 0. The lowest BCUT2D eigenvalue weighted by Gasteiger charge is -2.05. The lowest BCUT2D eigenvalue weighted by molar-refractivity contribution is 0.716. The maximum Gasteiger partial charge on any atom is -0.000847 e. The first-order valence-electron chi connectivity index (χ1n) is 5.01. The van der Waals surface area contributed by atoms with Gasteiger partial charge in [-0.3, -0.25) is 0 Å². The summed E-state index contributed by atoms with van der Waals surface area (Å²) in [4.78, 5) is 0. The van der Waals surface area contributed by atoms with E-state index in [0.29, 0.717) is 0 Å². The number of likely N-dealkylation sites (N-methyl/N-ethyl adjacent to an activating group) is 1. The van der Waals surface area contributed by atoms with Crippen LogP contribution in [0.3, 0.4) is 0 Å². The maximum absolute atomic E-state index is 3.33. The summed E-state index contributed by atoms with van der Waals surface area (Å²) in [6.45, 7) is 8.61. The van der Waals surface area contributed by atoms with Gasteiger partial charge in [-0.05, 0) is 50.0 Å². The summed E-state index contributed by atoms with van der Waals surface area (Å²) in [5, 5.41) is 3.33. The normalized spacial score (nSPS) is 10.4. The molecule has 0 amide bonds. The molecule has 0 saturated heterocycles. The highest BCUT2D eigenvalue weighted by Gasteiger charge is 1.95. The maximum atomic E-state index is 3.33. The molecule has 0 fully saturated rings. The molecule has 72 valence electrons. The van der Waals surface area contributed by atoms with E-state index >= 15 is 0 Å². The molecule has 1 heteroatoms. The number of hydrogen-bond donors (Lipinski definition) is 1. The topological polar surface area (TPSA) is 12.0 Å². The van der Waals surface area contributed by atoms with Gasteiger partial charge in [0.1, 0.15) is 0 Å². The van der Waals surface area contributed by atoms with E-state index in [1.165, 1.54) is 16.7 Å². The van der Waals surface area contributed by atoms with Gasteiger partial charge in [0.15, 0.2) is 0 Å². The van der Waals surface area contributed by atoms with Crippen LogP contribution in [0.2, 0.25) is 0 Å². The molecule has 0 aliphatic heterocycles. The van der Waals surface area contributed by atoms with Gasteiger partial charge in [0.25, 0.3) is 0 Å². The third-order valence-corrected chi connectivity index (χ3v) is 2.41. The second kappa shape index (κ2) is 5.03. The van der Waals surface area contributed by atoms with Gasteiger partial charge in [-0.15, -0.1) is 0 Å². The average molecular weight is 177 g/mol. The molecule has 13 heavy (non-hydrogen) atoms. The van der Waals surface area contributed by atoms with Crippen molar-refractivity contribution >= 4 is 0 Å². The Labute approximate surface area is 81.2 Å². The standard InChI is InChI=1S/C12H19N/c1-4-13-8-7-12-6-5-10(2)11(3)9-12/h5-6,9,13H,4,7-8H2,1-3H3. The molecular weight excluding hydrogens is 158 g/mol. The zero-order valence-corrected chi connectivity index (χ0v) is 8.85. The van der Waals surface area contributed by atoms with E-state index in [4.69, 9.17) is 0 Å². The third-order valence-electron chi connectivity index (χ3n) is 2.41. The summed E-state index contributed by atoms with van der Waals surface area (Å²) < 4.78 is 0. The van der Waals surface area contributed by atoms with Crippen molar-refractivity contribution < 1.29 is 0 Å². The first-order chi connectivity index (χ1) is 6.24. The van der Waals surface area contributed by atoms with E-state index in [-0.39, 0.29) is 0 Å². The van der Waals surface area contributed by atoms with Crippen molar-refractivity contribution in [3.05, 3.63) is 34.9 Å². The van der Waals surface area contributed by atoms with E-state index in [2.05, 4.69) is 44.3 Å². The number of rotatable bonds is 4. The van der Waals surface area contributed by atoms with Gasteiger partial charge in [-0.1, -0.05) is 25.1 Å². The van der Waals surface area contributed by atoms with Crippen LogP contribution in [0.4, 0.5) is 0 Å². The zero-order valence-electron chi connectivity index (χ0n) is 8.85. The highest BCUT2D eigenvalue weighted by Crippen LogP contribution is 2.09. The van der Waals surface area contributed by atoms with Crippen molar-refractivity contribution in [1.29, 1.82) is 0 Å². The van der Waals surface area contributed by atoms with Crippen molar-refractivity contribution in [2.45, 2.75) is 27.2 Å². The van der Waals surface area contributed by atoms with Crippen LogP contribution in [0.25, 0.3) is 0 Å². The van der Waals surface area contributed by atoms with E-state index < -0.39 is 0 Å². The fraction of sp³-hybridized carbons (Fsp3) is 0.500. The Hall–Kier alpha value is -0.820. The van der Waals surface area contributed by atoms with E-state index in [0.717, 1.165) is 19.5 Å². The highest BCUT2D eigenvalue weighted by atomic mass is 14.8. The molecule has 0 aliphatic rings. The number of aryl methyl sites for hydroxylation is 2. The molecule has 0 aliphatic carbocycles. The van der Waals surface area contributed by atoms with Gasteiger partial charge in [-0.25, -0.2) is 0 Å². The molecule has 0 saturated carbocycles. The molecule has 0 atom stereocenters. The Balaban J connectivity index is 2.53. The van der Waals surface area contributed by atoms with Gasteiger partial charge in [-0.2, -0.15) is 0 Å². The van der Waals surface area contributed by atoms with Crippen LogP contribution in [0.1, 0.15) is 23.6 Å². The molecule has 0 unspecified atom stereocenters. The summed E-state index contributed by atoms with van der Waals surface area (Å²) in [6, 6.07) is 6.71. The number of hydrogen-bond acceptors (Lipinski definition) is 1. The van der Waals surface area contributed by atoms with Gasteiger partial charge in [0, 0.05) is 0 Å². The van der Waals surface area contributed by atoms with Crippen molar-refractivity contribution in [2.24, 2.45) is 0 Å². The molecule has 1 rings (SSSR count). The number of benzene rings is 1. The van der Waals surface area contributed by atoms with Crippen molar-refractivity contribution in [1.82, 2.24) is 5.32 Å². The highest BCUT2D eigenvalue weighted by molar-refractivity contribution is 5.29. The minimum absolute atomic E-state index is 1.06. The Morgan fingerprint density at radius 3 is 2.54 bits per heavy atom. The third kappa shape index (κ3) is 3.19. The van der Waals surface area contributed by atoms with Crippen LogP contribution in [0.15, 0.2) is 18.2 Å². The molecule has 0 aromatic heterocycles. The minimum Gasteiger partial charge on any atom is -0.317 e. The smallest absolute Gasteiger partial charge is 0.000847 e. The molecule has 1 nitrogen and oxygen atoms in total. The van der Waals surface area contributed by atoms with E-state index in [9.17, 15) is 0 Å². The average Bonchev–Trinajstić information content (AvgIpc) is 2.12. The van der Waals surface area contributed by atoms with Crippen LogP contribution in [-0.4, -0.2) is 13.1 Å². The second-order valence-electron chi connectivity index (χ2n) is 3.52.